The highest BCUT2D eigenvalue weighted by Crippen LogP contribution is 2.19. The first-order valence-electron chi connectivity index (χ1n) is 6.25. The van der Waals surface area contributed by atoms with E-state index in [0.29, 0.717) is 19.6 Å². The molecule has 0 spiro atoms. The molecule has 1 aromatic carbocycles. The van der Waals surface area contributed by atoms with Gasteiger partial charge in [0, 0.05) is 18.8 Å². The molecule has 0 atom stereocenters. The van der Waals surface area contributed by atoms with E-state index in [1.54, 1.807) is 4.90 Å². The summed E-state index contributed by atoms with van der Waals surface area (Å²) < 4.78 is 0. The summed E-state index contributed by atoms with van der Waals surface area (Å²) in [6.07, 6.45) is 0. The number of aryl methyl sites for hydroxylation is 1. The third kappa shape index (κ3) is 3.82. The van der Waals surface area contributed by atoms with Gasteiger partial charge >= 0.3 is 0 Å². The molecule has 1 rings (SSSR count). The molecule has 4 heteroatoms. The van der Waals surface area contributed by atoms with E-state index in [-0.39, 0.29) is 12.5 Å². The van der Waals surface area contributed by atoms with Crippen LogP contribution in [0.25, 0.3) is 0 Å². The number of hydrogen-bond donors (Lipinski definition) is 1. The van der Waals surface area contributed by atoms with Crippen LogP contribution >= 0.6 is 0 Å². The highest BCUT2D eigenvalue weighted by molar-refractivity contribution is 5.95. The van der Waals surface area contributed by atoms with Crippen molar-refractivity contribution in [1.82, 2.24) is 4.90 Å². The van der Waals surface area contributed by atoms with Crippen molar-refractivity contribution in [2.45, 2.75) is 13.8 Å². The van der Waals surface area contributed by atoms with Crippen molar-refractivity contribution >= 4 is 11.6 Å². The van der Waals surface area contributed by atoms with Gasteiger partial charge in [0.25, 0.3) is 0 Å². The normalized spacial score (nSPS) is 10.7. The fourth-order valence-electron chi connectivity index (χ4n) is 1.91. The number of carbonyl (C=O) groups excluding carboxylic acids is 1. The molecule has 100 valence electrons. The summed E-state index contributed by atoms with van der Waals surface area (Å²) >= 11 is 0. The van der Waals surface area contributed by atoms with Crippen LogP contribution in [0.2, 0.25) is 0 Å². The first kappa shape index (κ1) is 14.7. The van der Waals surface area contributed by atoms with Gasteiger partial charge in [0.15, 0.2) is 0 Å². The first-order valence-corrected chi connectivity index (χ1v) is 6.25. The average Bonchev–Trinajstić information content (AvgIpc) is 2.32. The molecule has 0 saturated carbocycles. The van der Waals surface area contributed by atoms with Crippen molar-refractivity contribution < 1.29 is 9.90 Å². The average molecular weight is 250 g/mol. The van der Waals surface area contributed by atoms with Gasteiger partial charge in [-0.15, -0.1) is 0 Å². The van der Waals surface area contributed by atoms with Crippen LogP contribution in [0.15, 0.2) is 24.3 Å². The number of hydrogen-bond acceptors (Lipinski definition) is 3. The summed E-state index contributed by atoms with van der Waals surface area (Å²) in [7, 11) is 1.83. The second-order valence-corrected chi connectivity index (χ2v) is 4.39. The van der Waals surface area contributed by atoms with Gasteiger partial charge in [0.1, 0.15) is 0 Å². The minimum atomic E-state index is 0.0581. The summed E-state index contributed by atoms with van der Waals surface area (Å²) in [6.45, 7) is 5.52. The second kappa shape index (κ2) is 7.13. The van der Waals surface area contributed by atoms with Gasteiger partial charge in [-0.05, 0) is 32.5 Å². The van der Waals surface area contributed by atoms with Crippen LogP contribution in [0, 0.1) is 6.92 Å². The first-order chi connectivity index (χ1) is 8.60. The Labute approximate surface area is 109 Å². The van der Waals surface area contributed by atoms with E-state index in [9.17, 15) is 4.79 Å². The molecule has 0 heterocycles. The number of likely N-dealkylation sites (N-methyl/N-ethyl adjacent to an activating group) is 2. The van der Waals surface area contributed by atoms with Crippen molar-refractivity contribution in [3.63, 3.8) is 0 Å². The zero-order valence-electron chi connectivity index (χ0n) is 11.4. The molecule has 4 nitrogen and oxygen atoms in total. The van der Waals surface area contributed by atoms with Crippen LogP contribution in [0.5, 0.6) is 0 Å². The molecule has 0 unspecified atom stereocenters. The van der Waals surface area contributed by atoms with E-state index in [1.807, 2.05) is 50.1 Å². The van der Waals surface area contributed by atoms with E-state index in [1.165, 1.54) is 0 Å². The molecule has 1 amide bonds. The Morgan fingerprint density at radius 1 is 1.33 bits per heavy atom. The number of anilines is 1. The van der Waals surface area contributed by atoms with Gasteiger partial charge in [0.2, 0.25) is 5.91 Å². The minimum Gasteiger partial charge on any atom is -0.395 e. The Morgan fingerprint density at radius 3 is 2.56 bits per heavy atom. The van der Waals surface area contributed by atoms with Crippen molar-refractivity contribution in [2.24, 2.45) is 0 Å². The molecular weight excluding hydrogens is 228 g/mol. The zero-order valence-corrected chi connectivity index (χ0v) is 11.4. The van der Waals surface area contributed by atoms with Crippen LogP contribution in [0.3, 0.4) is 0 Å². The Kier molecular flexibility index (Phi) is 5.82. The van der Waals surface area contributed by atoms with Gasteiger partial charge in [-0.3, -0.25) is 9.69 Å². The Bertz CT molecular complexity index is 393. The second-order valence-electron chi connectivity index (χ2n) is 4.39. The highest BCUT2D eigenvalue weighted by atomic mass is 16.3. The molecule has 0 aliphatic heterocycles. The number of carbonyl (C=O) groups is 1. The largest absolute Gasteiger partial charge is 0.395 e. The number of rotatable bonds is 6. The SMILES string of the molecule is CCN(C(=O)CN(C)CCO)c1ccccc1C. The smallest absolute Gasteiger partial charge is 0.241 e. The van der Waals surface area contributed by atoms with Gasteiger partial charge in [-0.25, -0.2) is 0 Å². The number of aliphatic hydroxyl groups excluding tert-OH is 1. The predicted octanol–water partition coefficient (Wildman–Crippen LogP) is 1.27. The molecule has 1 aromatic rings. The Balaban J connectivity index is 2.78. The van der Waals surface area contributed by atoms with Gasteiger partial charge < -0.3 is 10.0 Å². The number of nitrogens with zero attached hydrogens (tertiary/aromatic N) is 2. The number of aliphatic hydroxyl groups is 1. The molecule has 0 aliphatic carbocycles. The molecule has 0 fully saturated rings. The maximum absolute atomic E-state index is 12.2. The lowest BCUT2D eigenvalue weighted by Gasteiger charge is -2.25. The van der Waals surface area contributed by atoms with Crippen molar-refractivity contribution in [1.29, 1.82) is 0 Å². The maximum Gasteiger partial charge on any atom is 0.241 e. The Morgan fingerprint density at radius 2 is 2.00 bits per heavy atom. The van der Waals surface area contributed by atoms with Crippen LogP contribution in [0.1, 0.15) is 12.5 Å². The summed E-state index contributed by atoms with van der Waals surface area (Å²) in [5.41, 5.74) is 2.06. The molecule has 1 N–H and O–H groups in total. The van der Waals surface area contributed by atoms with Gasteiger partial charge in [-0.1, -0.05) is 18.2 Å². The highest BCUT2D eigenvalue weighted by Gasteiger charge is 2.16. The lowest BCUT2D eigenvalue weighted by atomic mass is 10.2. The Hall–Kier alpha value is -1.39. The van der Waals surface area contributed by atoms with E-state index in [4.69, 9.17) is 5.11 Å². The fraction of sp³-hybridized carbons (Fsp3) is 0.500. The molecule has 18 heavy (non-hydrogen) atoms. The summed E-state index contributed by atoms with van der Waals surface area (Å²) in [4.78, 5) is 15.8. The maximum atomic E-state index is 12.2. The van der Waals surface area contributed by atoms with Crippen LogP contribution in [-0.2, 0) is 4.79 Å². The third-order valence-electron chi connectivity index (χ3n) is 2.91. The van der Waals surface area contributed by atoms with E-state index in [0.717, 1.165) is 11.3 Å². The standard InChI is InChI=1S/C14H22N2O2/c1-4-16(13-8-6-5-7-12(13)2)14(18)11-15(3)9-10-17/h5-8,17H,4,9-11H2,1-3H3. The van der Waals surface area contributed by atoms with Crippen molar-refractivity contribution in [3.8, 4) is 0 Å². The number of benzene rings is 1. The lowest BCUT2D eigenvalue weighted by Crippen LogP contribution is -2.40. The van der Waals surface area contributed by atoms with Crippen molar-refractivity contribution in [3.05, 3.63) is 29.8 Å². The van der Waals surface area contributed by atoms with Gasteiger partial charge in [0.05, 0.1) is 13.2 Å². The molecule has 0 saturated heterocycles. The zero-order chi connectivity index (χ0) is 13.5. The van der Waals surface area contributed by atoms with Crippen LogP contribution in [-0.4, -0.2) is 49.2 Å². The number of amides is 1. The lowest BCUT2D eigenvalue weighted by molar-refractivity contribution is -0.119. The predicted molar refractivity (Wildman–Crippen MR) is 73.8 cm³/mol. The fourth-order valence-corrected chi connectivity index (χ4v) is 1.91. The molecule has 0 radical (unpaired) electrons. The monoisotopic (exact) mass is 250 g/mol. The molecule has 0 aromatic heterocycles. The molecular formula is C14H22N2O2. The minimum absolute atomic E-state index is 0.0581. The molecule has 0 bridgehead atoms. The molecule has 0 aliphatic rings. The van der Waals surface area contributed by atoms with Crippen LogP contribution in [0.4, 0.5) is 5.69 Å². The van der Waals surface area contributed by atoms with E-state index >= 15 is 0 Å². The number of para-hydroxylation sites is 1. The summed E-state index contributed by atoms with van der Waals surface area (Å²) in [5, 5.41) is 8.84. The quantitative estimate of drug-likeness (QED) is 0.827. The van der Waals surface area contributed by atoms with Crippen LogP contribution < -0.4 is 4.90 Å². The van der Waals surface area contributed by atoms with E-state index in [2.05, 4.69) is 0 Å². The topological polar surface area (TPSA) is 43.8 Å². The third-order valence-corrected chi connectivity index (χ3v) is 2.91. The van der Waals surface area contributed by atoms with E-state index < -0.39 is 0 Å². The summed E-state index contributed by atoms with van der Waals surface area (Å²) in [6, 6.07) is 7.87. The van der Waals surface area contributed by atoms with Crippen molar-refractivity contribution in [2.75, 3.05) is 38.2 Å². The van der Waals surface area contributed by atoms with Gasteiger partial charge in [-0.2, -0.15) is 0 Å². The summed E-state index contributed by atoms with van der Waals surface area (Å²) in [5.74, 6) is 0.0581.